The molecule has 96 valence electrons. The van der Waals surface area contributed by atoms with Crippen molar-refractivity contribution in [1.29, 1.82) is 0 Å². The molecule has 0 spiro atoms. The predicted molar refractivity (Wildman–Crippen MR) is 73.8 cm³/mol. The summed E-state index contributed by atoms with van der Waals surface area (Å²) in [4.78, 5) is 0. The lowest BCUT2D eigenvalue weighted by Gasteiger charge is -2.16. The maximum atomic E-state index is 8.67. The fourth-order valence-electron chi connectivity index (χ4n) is 1.70. The van der Waals surface area contributed by atoms with Crippen molar-refractivity contribution < 1.29 is 5.11 Å². The zero-order valence-corrected chi connectivity index (χ0v) is 11.6. The third-order valence-electron chi connectivity index (χ3n) is 2.73. The molecule has 0 aliphatic heterocycles. The highest BCUT2D eigenvalue weighted by Gasteiger charge is 2.10. The molecule has 0 saturated heterocycles. The summed E-state index contributed by atoms with van der Waals surface area (Å²) in [5.74, 6) is 0. The van der Waals surface area contributed by atoms with Gasteiger partial charge in [-0.1, -0.05) is 35.3 Å². The van der Waals surface area contributed by atoms with Gasteiger partial charge in [0.1, 0.15) is 0 Å². The van der Waals surface area contributed by atoms with Crippen LogP contribution in [0.5, 0.6) is 0 Å². The molecule has 0 aromatic heterocycles. The van der Waals surface area contributed by atoms with Gasteiger partial charge in [-0.3, -0.25) is 0 Å². The van der Waals surface area contributed by atoms with Crippen molar-refractivity contribution in [2.75, 3.05) is 13.2 Å². The number of benzene rings is 1. The van der Waals surface area contributed by atoms with Crippen LogP contribution in [0.15, 0.2) is 18.2 Å². The number of aliphatic hydroxyl groups excluding tert-OH is 1. The van der Waals surface area contributed by atoms with Gasteiger partial charge in [0, 0.05) is 12.6 Å². The second kappa shape index (κ2) is 7.93. The van der Waals surface area contributed by atoms with Crippen molar-refractivity contribution >= 4 is 23.2 Å². The molecule has 1 unspecified atom stereocenters. The molecule has 2 N–H and O–H groups in total. The van der Waals surface area contributed by atoms with E-state index in [9.17, 15) is 0 Å². The van der Waals surface area contributed by atoms with Crippen LogP contribution in [0.25, 0.3) is 0 Å². The van der Waals surface area contributed by atoms with Gasteiger partial charge in [0.25, 0.3) is 0 Å². The molecule has 1 rings (SSSR count). The molecule has 1 aromatic rings. The fourth-order valence-corrected chi connectivity index (χ4v) is 2.17. The van der Waals surface area contributed by atoms with Crippen molar-refractivity contribution in [3.05, 3.63) is 33.8 Å². The molecule has 0 aliphatic carbocycles. The standard InChI is InChI=1S/C13H19Cl2NO/c1-10(16-8-3-2-4-9-17)11-6-5-7-12(14)13(11)15/h5-7,10,16-17H,2-4,8-9H2,1H3. The van der Waals surface area contributed by atoms with E-state index in [4.69, 9.17) is 28.3 Å². The zero-order valence-electron chi connectivity index (χ0n) is 10.0. The summed E-state index contributed by atoms with van der Waals surface area (Å²) in [5.41, 5.74) is 1.03. The number of hydrogen-bond donors (Lipinski definition) is 2. The van der Waals surface area contributed by atoms with Crippen molar-refractivity contribution in [2.45, 2.75) is 32.2 Å². The second-order valence-corrected chi connectivity index (χ2v) is 4.89. The zero-order chi connectivity index (χ0) is 12.7. The topological polar surface area (TPSA) is 32.3 Å². The van der Waals surface area contributed by atoms with Gasteiger partial charge in [0.15, 0.2) is 0 Å². The van der Waals surface area contributed by atoms with E-state index in [0.717, 1.165) is 31.4 Å². The van der Waals surface area contributed by atoms with Crippen LogP contribution < -0.4 is 5.32 Å². The summed E-state index contributed by atoms with van der Waals surface area (Å²) in [6.45, 7) is 3.27. The minimum Gasteiger partial charge on any atom is -0.396 e. The lowest BCUT2D eigenvalue weighted by molar-refractivity contribution is 0.282. The largest absolute Gasteiger partial charge is 0.396 e. The van der Waals surface area contributed by atoms with Crippen LogP contribution in [-0.4, -0.2) is 18.3 Å². The summed E-state index contributed by atoms with van der Waals surface area (Å²) in [6, 6.07) is 5.88. The van der Waals surface area contributed by atoms with Crippen molar-refractivity contribution in [3.63, 3.8) is 0 Å². The molecule has 1 aromatic carbocycles. The first kappa shape index (κ1) is 14.8. The minimum absolute atomic E-state index is 0.190. The smallest absolute Gasteiger partial charge is 0.0639 e. The Morgan fingerprint density at radius 3 is 2.71 bits per heavy atom. The lowest BCUT2D eigenvalue weighted by Crippen LogP contribution is -2.20. The monoisotopic (exact) mass is 275 g/mol. The lowest BCUT2D eigenvalue weighted by atomic mass is 10.1. The van der Waals surface area contributed by atoms with Gasteiger partial charge in [0.2, 0.25) is 0 Å². The van der Waals surface area contributed by atoms with Gasteiger partial charge in [-0.25, -0.2) is 0 Å². The van der Waals surface area contributed by atoms with Gasteiger partial charge < -0.3 is 10.4 Å². The van der Waals surface area contributed by atoms with E-state index < -0.39 is 0 Å². The van der Waals surface area contributed by atoms with E-state index in [0.29, 0.717) is 10.0 Å². The highest BCUT2D eigenvalue weighted by atomic mass is 35.5. The van der Waals surface area contributed by atoms with Crippen LogP contribution in [0.4, 0.5) is 0 Å². The summed E-state index contributed by atoms with van der Waals surface area (Å²) in [5, 5.41) is 13.3. The van der Waals surface area contributed by atoms with Gasteiger partial charge in [-0.2, -0.15) is 0 Å². The van der Waals surface area contributed by atoms with Gasteiger partial charge in [-0.15, -0.1) is 0 Å². The first-order valence-corrected chi connectivity index (χ1v) is 6.70. The van der Waals surface area contributed by atoms with Crippen LogP contribution in [0, 0.1) is 0 Å². The SMILES string of the molecule is CC(NCCCCCO)c1cccc(Cl)c1Cl. The van der Waals surface area contributed by atoms with E-state index in [1.807, 2.05) is 12.1 Å². The van der Waals surface area contributed by atoms with Gasteiger partial charge in [-0.05, 0) is 44.4 Å². The Morgan fingerprint density at radius 1 is 1.24 bits per heavy atom. The average molecular weight is 276 g/mol. The normalized spacial score (nSPS) is 12.7. The maximum absolute atomic E-state index is 8.67. The Balaban J connectivity index is 2.41. The molecule has 0 bridgehead atoms. The number of nitrogens with one attached hydrogen (secondary N) is 1. The fraction of sp³-hybridized carbons (Fsp3) is 0.538. The predicted octanol–water partition coefficient (Wildman–Crippen LogP) is 3.81. The summed E-state index contributed by atoms with van der Waals surface area (Å²) in [7, 11) is 0. The Kier molecular flexibility index (Phi) is 6.90. The number of rotatable bonds is 7. The molecular weight excluding hydrogens is 257 g/mol. The molecule has 17 heavy (non-hydrogen) atoms. The van der Waals surface area contributed by atoms with Crippen molar-refractivity contribution in [3.8, 4) is 0 Å². The maximum Gasteiger partial charge on any atom is 0.0639 e. The van der Waals surface area contributed by atoms with E-state index in [1.165, 1.54) is 0 Å². The highest BCUT2D eigenvalue weighted by Crippen LogP contribution is 2.29. The number of aliphatic hydroxyl groups is 1. The van der Waals surface area contributed by atoms with Crippen molar-refractivity contribution in [2.24, 2.45) is 0 Å². The molecule has 2 nitrogen and oxygen atoms in total. The van der Waals surface area contributed by atoms with E-state index in [1.54, 1.807) is 6.07 Å². The Morgan fingerprint density at radius 2 is 2.00 bits per heavy atom. The van der Waals surface area contributed by atoms with E-state index in [-0.39, 0.29) is 12.6 Å². The second-order valence-electron chi connectivity index (χ2n) is 4.10. The molecule has 1 atom stereocenters. The van der Waals surface area contributed by atoms with Crippen LogP contribution in [0.3, 0.4) is 0 Å². The minimum atomic E-state index is 0.190. The van der Waals surface area contributed by atoms with Crippen LogP contribution in [-0.2, 0) is 0 Å². The summed E-state index contributed by atoms with van der Waals surface area (Å²) in [6.07, 6.45) is 2.97. The number of hydrogen-bond acceptors (Lipinski definition) is 2. The Hall–Kier alpha value is -0.280. The third kappa shape index (κ3) is 4.84. The molecule has 0 saturated carbocycles. The quantitative estimate of drug-likeness (QED) is 0.742. The molecule has 0 fully saturated rings. The Labute approximate surface area is 113 Å². The molecule has 4 heteroatoms. The van der Waals surface area contributed by atoms with E-state index >= 15 is 0 Å². The molecule has 0 amide bonds. The van der Waals surface area contributed by atoms with Crippen LogP contribution in [0.2, 0.25) is 10.0 Å². The van der Waals surface area contributed by atoms with Crippen LogP contribution >= 0.6 is 23.2 Å². The van der Waals surface area contributed by atoms with E-state index in [2.05, 4.69) is 12.2 Å². The molecule has 0 aliphatic rings. The third-order valence-corrected chi connectivity index (χ3v) is 3.57. The first-order chi connectivity index (χ1) is 8.16. The molecular formula is C13H19Cl2NO. The molecule has 0 heterocycles. The first-order valence-electron chi connectivity index (χ1n) is 5.95. The summed E-state index contributed by atoms with van der Waals surface area (Å²) >= 11 is 12.1. The average Bonchev–Trinajstić information content (AvgIpc) is 2.32. The Bertz CT molecular complexity index is 344. The number of halogens is 2. The highest BCUT2D eigenvalue weighted by molar-refractivity contribution is 6.42. The van der Waals surface area contributed by atoms with Gasteiger partial charge >= 0.3 is 0 Å². The van der Waals surface area contributed by atoms with Gasteiger partial charge in [0.05, 0.1) is 10.0 Å². The number of unbranched alkanes of at least 4 members (excludes halogenated alkanes) is 2. The van der Waals surface area contributed by atoms with Crippen molar-refractivity contribution in [1.82, 2.24) is 5.32 Å². The molecule has 0 radical (unpaired) electrons. The van der Waals surface area contributed by atoms with Crippen LogP contribution in [0.1, 0.15) is 37.8 Å². The summed E-state index contributed by atoms with van der Waals surface area (Å²) < 4.78 is 0.